The van der Waals surface area contributed by atoms with E-state index < -0.39 is 0 Å². The minimum Gasteiger partial charge on any atom is -0.493 e. The average molecular weight is 317 g/mol. The molecule has 0 radical (unpaired) electrons. The Labute approximate surface area is 136 Å². The first-order valence-electron chi connectivity index (χ1n) is 8.02. The monoisotopic (exact) mass is 317 g/mol. The zero-order chi connectivity index (χ0) is 16.2. The van der Waals surface area contributed by atoms with E-state index in [9.17, 15) is 4.79 Å². The summed E-state index contributed by atoms with van der Waals surface area (Å²) in [5.41, 5.74) is 0.942. The number of carbonyl (C=O) groups excluding carboxylic acids is 1. The fraction of sp³-hybridized carbons (Fsp3) is 0.529. The van der Waals surface area contributed by atoms with Crippen LogP contribution in [0.3, 0.4) is 0 Å². The molecule has 124 valence electrons. The number of hydrazone groups is 1. The summed E-state index contributed by atoms with van der Waals surface area (Å²) in [4.78, 5) is 12.9. The van der Waals surface area contributed by atoms with Crippen molar-refractivity contribution in [1.29, 1.82) is 0 Å². The zero-order valence-electron chi connectivity index (χ0n) is 13.6. The third-order valence-electron chi connectivity index (χ3n) is 4.54. The molecule has 2 aliphatic rings. The van der Waals surface area contributed by atoms with Crippen LogP contribution >= 0.6 is 0 Å². The van der Waals surface area contributed by atoms with Crippen LogP contribution in [0.2, 0.25) is 0 Å². The summed E-state index contributed by atoms with van der Waals surface area (Å²) in [6.45, 7) is 1.87. The van der Waals surface area contributed by atoms with E-state index in [1.165, 1.54) is 0 Å². The van der Waals surface area contributed by atoms with Gasteiger partial charge in [-0.05, 0) is 43.6 Å². The molecule has 2 heterocycles. The molecule has 6 heteroatoms. The molecular weight excluding hydrogens is 294 g/mol. The minimum absolute atomic E-state index is 0.0756. The molecule has 1 unspecified atom stereocenters. The van der Waals surface area contributed by atoms with E-state index in [0.29, 0.717) is 17.9 Å². The molecular formula is C17H23N3O3. The van der Waals surface area contributed by atoms with Gasteiger partial charge in [0.15, 0.2) is 11.5 Å². The van der Waals surface area contributed by atoms with Crippen molar-refractivity contribution in [3.8, 4) is 11.5 Å². The van der Waals surface area contributed by atoms with E-state index in [0.717, 1.165) is 31.5 Å². The van der Waals surface area contributed by atoms with Gasteiger partial charge in [0.1, 0.15) is 0 Å². The standard InChI is InChI=1S/C17H23N3O3/c1-22-15-4-3-12(11-16(15)23-2)14-7-10-19-20(17(14)21)13-5-8-18-9-6-13/h3-4,10-11,13-14,18H,5-9H2,1-2H3. The van der Waals surface area contributed by atoms with E-state index in [2.05, 4.69) is 10.4 Å². The fourth-order valence-corrected chi connectivity index (χ4v) is 3.23. The van der Waals surface area contributed by atoms with Gasteiger partial charge in [-0.3, -0.25) is 4.79 Å². The van der Waals surface area contributed by atoms with Gasteiger partial charge >= 0.3 is 0 Å². The summed E-state index contributed by atoms with van der Waals surface area (Å²) in [7, 11) is 3.21. The second-order valence-corrected chi connectivity index (χ2v) is 5.86. The van der Waals surface area contributed by atoms with Gasteiger partial charge in [-0.15, -0.1) is 0 Å². The quantitative estimate of drug-likeness (QED) is 0.919. The van der Waals surface area contributed by atoms with Gasteiger partial charge in [0.05, 0.1) is 26.2 Å². The number of benzene rings is 1. The van der Waals surface area contributed by atoms with Gasteiger partial charge in [-0.1, -0.05) is 6.07 Å². The fourth-order valence-electron chi connectivity index (χ4n) is 3.23. The number of nitrogens with zero attached hydrogens (tertiary/aromatic N) is 2. The second-order valence-electron chi connectivity index (χ2n) is 5.86. The number of ether oxygens (including phenoxy) is 2. The number of hydrogen-bond donors (Lipinski definition) is 1. The maximum Gasteiger partial charge on any atom is 0.250 e. The molecule has 0 aromatic heterocycles. The highest BCUT2D eigenvalue weighted by molar-refractivity contribution is 5.89. The third-order valence-corrected chi connectivity index (χ3v) is 4.54. The Balaban J connectivity index is 1.83. The molecule has 0 aliphatic carbocycles. The first-order valence-corrected chi connectivity index (χ1v) is 8.02. The van der Waals surface area contributed by atoms with Crippen molar-refractivity contribution < 1.29 is 14.3 Å². The Morgan fingerprint density at radius 2 is 1.91 bits per heavy atom. The van der Waals surface area contributed by atoms with Crippen molar-refractivity contribution in [3.63, 3.8) is 0 Å². The van der Waals surface area contributed by atoms with Gasteiger partial charge in [-0.2, -0.15) is 5.10 Å². The Morgan fingerprint density at radius 3 is 2.61 bits per heavy atom. The smallest absolute Gasteiger partial charge is 0.250 e. The van der Waals surface area contributed by atoms with Gasteiger partial charge < -0.3 is 14.8 Å². The number of amides is 1. The normalized spacial score (nSPS) is 22.3. The van der Waals surface area contributed by atoms with Crippen molar-refractivity contribution >= 4 is 12.1 Å². The molecule has 23 heavy (non-hydrogen) atoms. The molecule has 1 saturated heterocycles. The topological polar surface area (TPSA) is 63.2 Å². The first kappa shape index (κ1) is 15.8. The number of rotatable bonds is 4. The summed E-state index contributed by atoms with van der Waals surface area (Å²) in [5, 5.41) is 9.37. The molecule has 1 atom stereocenters. The van der Waals surface area contributed by atoms with E-state index in [1.807, 2.05) is 24.4 Å². The highest BCUT2D eigenvalue weighted by Crippen LogP contribution is 2.34. The van der Waals surface area contributed by atoms with Crippen LogP contribution in [0.4, 0.5) is 0 Å². The van der Waals surface area contributed by atoms with Gasteiger partial charge in [0, 0.05) is 12.6 Å². The van der Waals surface area contributed by atoms with Crippen LogP contribution in [0.5, 0.6) is 11.5 Å². The van der Waals surface area contributed by atoms with Crippen LogP contribution < -0.4 is 14.8 Å². The molecule has 0 spiro atoms. The number of carbonyl (C=O) groups is 1. The summed E-state index contributed by atoms with van der Waals surface area (Å²) >= 11 is 0. The van der Waals surface area contributed by atoms with Crippen LogP contribution in [0.15, 0.2) is 23.3 Å². The molecule has 3 rings (SSSR count). The lowest BCUT2D eigenvalue weighted by Crippen LogP contribution is -2.46. The highest BCUT2D eigenvalue weighted by atomic mass is 16.5. The molecule has 1 aromatic carbocycles. The maximum absolute atomic E-state index is 12.9. The Morgan fingerprint density at radius 1 is 1.17 bits per heavy atom. The van der Waals surface area contributed by atoms with Gasteiger partial charge in [0.2, 0.25) is 0 Å². The van der Waals surface area contributed by atoms with E-state index in [1.54, 1.807) is 19.2 Å². The lowest BCUT2D eigenvalue weighted by atomic mass is 9.92. The molecule has 0 saturated carbocycles. The molecule has 6 nitrogen and oxygen atoms in total. The molecule has 1 fully saturated rings. The van der Waals surface area contributed by atoms with Crippen molar-refractivity contribution in [1.82, 2.24) is 10.3 Å². The van der Waals surface area contributed by atoms with Crippen molar-refractivity contribution in [2.24, 2.45) is 5.10 Å². The van der Waals surface area contributed by atoms with E-state index in [-0.39, 0.29) is 17.9 Å². The number of piperidine rings is 1. The highest BCUT2D eigenvalue weighted by Gasteiger charge is 2.33. The largest absolute Gasteiger partial charge is 0.493 e. The summed E-state index contributed by atoms with van der Waals surface area (Å²) < 4.78 is 10.6. The van der Waals surface area contributed by atoms with Gasteiger partial charge in [-0.25, -0.2) is 5.01 Å². The lowest BCUT2D eigenvalue weighted by Gasteiger charge is -2.35. The second kappa shape index (κ2) is 7.00. The summed E-state index contributed by atoms with van der Waals surface area (Å²) in [5.74, 6) is 1.19. The predicted molar refractivity (Wildman–Crippen MR) is 88.1 cm³/mol. The van der Waals surface area contributed by atoms with E-state index in [4.69, 9.17) is 9.47 Å². The third kappa shape index (κ3) is 3.17. The summed E-state index contributed by atoms with van der Waals surface area (Å²) in [6, 6.07) is 5.87. The van der Waals surface area contributed by atoms with Crippen LogP contribution in [0.25, 0.3) is 0 Å². The Hall–Kier alpha value is -2.08. The first-order chi connectivity index (χ1) is 11.2. The minimum atomic E-state index is -0.206. The Kier molecular flexibility index (Phi) is 4.81. The average Bonchev–Trinajstić information content (AvgIpc) is 2.62. The van der Waals surface area contributed by atoms with Crippen LogP contribution in [0, 0.1) is 0 Å². The molecule has 0 bridgehead atoms. The van der Waals surface area contributed by atoms with Crippen molar-refractivity contribution in [2.75, 3.05) is 27.3 Å². The van der Waals surface area contributed by atoms with Crippen molar-refractivity contribution in [3.05, 3.63) is 23.8 Å². The van der Waals surface area contributed by atoms with Crippen molar-refractivity contribution in [2.45, 2.75) is 31.2 Å². The van der Waals surface area contributed by atoms with Crippen LogP contribution in [-0.2, 0) is 4.79 Å². The number of hydrogen-bond acceptors (Lipinski definition) is 5. The SMILES string of the molecule is COc1ccc(C2CC=NN(C3CCNCC3)C2=O)cc1OC. The Bertz CT molecular complexity index is 597. The van der Waals surface area contributed by atoms with E-state index >= 15 is 0 Å². The lowest BCUT2D eigenvalue weighted by molar-refractivity contribution is -0.136. The number of nitrogens with one attached hydrogen (secondary N) is 1. The molecule has 1 amide bonds. The van der Waals surface area contributed by atoms with Crippen LogP contribution in [0.1, 0.15) is 30.7 Å². The zero-order valence-corrected chi connectivity index (χ0v) is 13.6. The number of methoxy groups -OCH3 is 2. The maximum atomic E-state index is 12.9. The van der Waals surface area contributed by atoms with Gasteiger partial charge in [0.25, 0.3) is 5.91 Å². The summed E-state index contributed by atoms with van der Waals surface area (Å²) in [6.07, 6.45) is 4.37. The molecule has 1 N–H and O–H groups in total. The molecule has 1 aromatic rings. The predicted octanol–water partition coefficient (Wildman–Crippen LogP) is 1.76. The van der Waals surface area contributed by atoms with Crippen LogP contribution in [-0.4, -0.2) is 50.5 Å². The molecule has 2 aliphatic heterocycles.